The van der Waals surface area contributed by atoms with Crippen LogP contribution in [0.3, 0.4) is 0 Å². The number of hydrogen-bond donors (Lipinski definition) is 1. The topological polar surface area (TPSA) is 47.3 Å². The Kier molecular flexibility index (Phi) is 5.44. The van der Waals surface area contributed by atoms with E-state index in [2.05, 4.69) is 36.7 Å². The van der Waals surface area contributed by atoms with E-state index in [4.69, 9.17) is 4.74 Å². The van der Waals surface area contributed by atoms with Gasteiger partial charge >= 0.3 is 0 Å². The summed E-state index contributed by atoms with van der Waals surface area (Å²) in [4.78, 5) is 0. The van der Waals surface area contributed by atoms with Crippen molar-refractivity contribution in [1.82, 2.24) is 9.78 Å². The minimum Gasteiger partial charge on any atom is -0.390 e. The molecule has 1 heterocycles. The number of aliphatic hydroxyl groups excluding tert-OH is 1. The van der Waals surface area contributed by atoms with Gasteiger partial charge in [0.1, 0.15) is 0 Å². The maximum Gasteiger partial charge on any atom is 0.0885 e. The lowest BCUT2D eigenvalue weighted by atomic mass is 9.84. The third-order valence-corrected chi connectivity index (χ3v) is 4.33. The molecule has 0 amide bonds. The van der Waals surface area contributed by atoms with Crippen LogP contribution in [-0.4, -0.2) is 33.7 Å². The molecule has 0 aliphatic heterocycles. The van der Waals surface area contributed by atoms with Crippen LogP contribution in [0, 0.1) is 5.41 Å². The van der Waals surface area contributed by atoms with Crippen LogP contribution in [0.4, 0.5) is 0 Å². The van der Waals surface area contributed by atoms with Crippen molar-refractivity contribution in [2.24, 2.45) is 5.41 Å². The van der Waals surface area contributed by atoms with Crippen molar-refractivity contribution in [3.05, 3.63) is 18.0 Å². The molecule has 4 nitrogen and oxygen atoms in total. The van der Waals surface area contributed by atoms with Gasteiger partial charge in [0, 0.05) is 19.2 Å². The van der Waals surface area contributed by atoms with E-state index < -0.39 is 6.10 Å². The highest BCUT2D eigenvalue weighted by atomic mass is 16.5. The molecule has 1 saturated carbocycles. The fourth-order valence-electron chi connectivity index (χ4n) is 3.30. The second-order valence-electron chi connectivity index (χ2n) is 7.24. The van der Waals surface area contributed by atoms with Gasteiger partial charge in [0.2, 0.25) is 0 Å². The van der Waals surface area contributed by atoms with Gasteiger partial charge in [-0.1, -0.05) is 33.6 Å². The first-order valence-corrected chi connectivity index (χ1v) is 8.25. The molecule has 1 aromatic rings. The van der Waals surface area contributed by atoms with Crippen LogP contribution in [-0.2, 0) is 11.2 Å². The summed E-state index contributed by atoms with van der Waals surface area (Å²) in [7, 11) is 0. The van der Waals surface area contributed by atoms with Crippen LogP contribution < -0.4 is 0 Å². The molecule has 2 atom stereocenters. The fraction of sp³-hybridized carbons (Fsp3) is 0.824. The van der Waals surface area contributed by atoms with Crippen LogP contribution in [0.25, 0.3) is 0 Å². The summed E-state index contributed by atoms with van der Waals surface area (Å²) in [6, 6.07) is 2.59. The maximum atomic E-state index is 10.5. The Bertz CT molecular complexity index is 430. The lowest BCUT2D eigenvalue weighted by molar-refractivity contribution is -0.0876. The molecule has 1 aromatic heterocycles. The van der Waals surface area contributed by atoms with Crippen LogP contribution >= 0.6 is 0 Å². The highest BCUT2D eigenvalue weighted by molar-refractivity contribution is 5.03. The molecule has 21 heavy (non-hydrogen) atoms. The number of nitrogens with zero attached hydrogens (tertiary/aromatic N) is 2. The third-order valence-electron chi connectivity index (χ3n) is 4.33. The highest BCUT2D eigenvalue weighted by Gasteiger charge is 2.32. The smallest absolute Gasteiger partial charge is 0.0885 e. The van der Waals surface area contributed by atoms with E-state index in [1.165, 1.54) is 25.7 Å². The molecule has 0 spiro atoms. The Morgan fingerprint density at radius 3 is 2.62 bits per heavy atom. The monoisotopic (exact) mass is 294 g/mol. The third kappa shape index (κ3) is 4.30. The molecule has 0 radical (unpaired) electrons. The van der Waals surface area contributed by atoms with Crippen molar-refractivity contribution in [3.63, 3.8) is 0 Å². The first-order chi connectivity index (χ1) is 9.91. The predicted molar refractivity (Wildman–Crippen MR) is 84.3 cm³/mol. The van der Waals surface area contributed by atoms with E-state index in [0.717, 1.165) is 5.69 Å². The van der Waals surface area contributed by atoms with Crippen LogP contribution in [0.2, 0.25) is 0 Å². The Balaban J connectivity index is 1.99. The van der Waals surface area contributed by atoms with Crippen molar-refractivity contribution in [2.45, 2.75) is 78.0 Å². The van der Waals surface area contributed by atoms with Crippen molar-refractivity contribution < 1.29 is 9.84 Å². The van der Waals surface area contributed by atoms with E-state index in [1.54, 1.807) is 0 Å². The lowest BCUT2D eigenvalue weighted by Crippen LogP contribution is -2.41. The summed E-state index contributed by atoms with van der Waals surface area (Å²) >= 11 is 0. The normalized spacial score (nSPS) is 19.9. The first kappa shape index (κ1) is 16.5. The Hall–Kier alpha value is -0.870. The average Bonchev–Trinajstić information content (AvgIpc) is 3.04. The van der Waals surface area contributed by atoms with Gasteiger partial charge in [0.25, 0.3) is 0 Å². The number of rotatable bonds is 6. The molecule has 0 bridgehead atoms. The minimum atomic E-state index is -0.517. The highest BCUT2D eigenvalue weighted by Crippen LogP contribution is 2.29. The molecular formula is C17H30N2O2. The maximum absolute atomic E-state index is 10.5. The zero-order valence-electron chi connectivity index (χ0n) is 13.9. The molecule has 0 saturated heterocycles. The molecule has 1 N–H and O–H groups in total. The summed E-state index contributed by atoms with van der Waals surface area (Å²) in [5, 5.41) is 15.2. The largest absolute Gasteiger partial charge is 0.390 e. The van der Waals surface area contributed by atoms with Crippen LogP contribution in [0.1, 0.15) is 65.1 Å². The van der Waals surface area contributed by atoms with E-state index >= 15 is 0 Å². The summed E-state index contributed by atoms with van der Waals surface area (Å²) < 4.78 is 7.85. The fourth-order valence-corrected chi connectivity index (χ4v) is 3.30. The van der Waals surface area contributed by atoms with Gasteiger partial charge in [-0.05, 0) is 31.2 Å². The molecule has 1 aliphatic rings. The molecule has 2 rings (SSSR count). The minimum absolute atomic E-state index is 0.0799. The Labute approximate surface area is 128 Å². The second-order valence-corrected chi connectivity index (χ2v) is 7.24. The van der Waals surface area contributed by atoms with E-state index in [1.807, 2.05) is 13.0 Å². The van der Waals surface area contributed by atoms with Gasteiger partial charge in [-0.2, -0.15) is 5.10 Å². The standard InChI is InChI=1S/C17H30N2O2/c1-5-21-16(17(2,3)4)15(20)12-13-10-11-19(18-13)14-8-6-7-9-14/h10-11,14-16,20H,5-9,12H2,1-4H3. The molecule has 4 heteroatoms. The Morgan fingerprint density at radius 2 is 2.05 bits per heavy atom. The van der Waals surface area contributed by atoms with Gasteiger partial charge in [0.15, 0.2) is 0 Å². The lowest BCUT2D eigenvalue weighted by Gasteiger charge is -2.33. The summed E-state index contributed by atoms with van der Waals surface area (Å²) in [6.07, 6.45) is 7.00. The number of ether oxygens (including phenoxy) is 1. The van der Waals surface area contributed by atoms with Crippen molar-refractivity contribution in [2.75, 3.05) is 6.61 Å². The molecular weight excluding hydrogens is 264 g/mol. The second kappa shape index (κ2) is 6.93. The quantitative estimate of drug-likeness (QED) is 0.875. The average molecular weight is 294 g/mol. The molecule has 2 unspecified atom stereocenters. The zero-order chi connectivity index (χ0) is 15.5. The number of aromatic nitrogens is 2. The van der Waals surface area contributed by atoms with Crippen molar-refractivity contribution >= 4 is 0 Å². The Morgan fingerprint density at radius 1 is 1.38 bits per heavy atom. The van der Waals surface area contributed by atoms with Crippen molar-refractivity contribution in [3.8, 4) is 0 Å². The molecule has 1 fully saturated rings. The molecule has 1 aliphatic carbocycles. The van der Waals surface area contributed by atoms with Gasteiger partial charge in [-0.25, -0.2) is 0 Å². The summed E-state index contributed by atoms with van der Waals surface area (Å²) in [5.74, 6) is 0. The first-order valence-electron chi connectivity index (χ1n) is 8.25. The van der Waals surface area contributed by atoms with Gasteiger partial charge in [-0.3, -0.25) is 4.68 Å². The SMILES string of the molecule is CCOC(C(O)Cc1ccn(C2CCCC2)n1)C(C)(C)C. The van der Waals surface area contributed by atoms with Crippen LogP contribution in [0.15, 0.2) is 12.3 Å². The zero-order valence-corrected chi connectivity index (χ0v) is 13.9. The van der Waals surface area contributed by atoms with Gasteiger partial charge < -0.3 is 9.84 Å². The van der Waals surface area contributed by atoms with E-state index in [-0.39, 0.29) is 11.5 Å². The van der Waals surface area contributed by atoms with Gasteiger partial charge in [-0.15, -0.1) is 0 Å². The summed E-state index contributed by atoms with van der Waals surface area (Å²) in [5.41, 5.74) is 0.882. The summed E-state index contributed by atoms with van der Waals surface area (Å²) in [6.45, 7) is 8.91. The molecule has 120 valence electrons. The number of aliphatic hydroxyl groups is 1. The number of hydrogen-bond acceptors (Lipinski definition) is 3. The van der Waals surface area contributed by atoms with E-state index in [0.29, 0.717) is 19.1 Å². The van der Waals surface area contributed by atoms with Crippen molar-refractivity contribution in [1.29, 1.82) is 0 Å². The predicted octanol–water partition coefficient (Wildman–Crippen LogP) is 3.35. The van der Waals surface area contributed by atoms with Gasteiger partial charge in [0.05, 0.1) is 23.9 Å². The molecule has 0 aromatic carbocycles. The van der Waals surface area contributed by atoms with Crippen LogP contribution in [0.5, 0.6) is 0 Å². The van der Waals surface area contributed by atoms with E-state index in [9.17, 15) is 5.11 Å².